The van der Waals surface area contributed by atoms with Gasteiger partial charge in [0.25, 0.3) is 5.91 Å². The molecule has 1 aliphatic carbocycles. The second-order valence-corrected chi connectivity index (χ2v) is 10.1. The van der Waals surface area contributed by atoms with Crippen LogP contribution < -0.4 is 16.0 Å². The summed E-state index contributed by atoms with van der Waals surface area (Å²) in [4.78, 5) is 41.8. The Balaban J connectivity index is 1.23. The number of carbonyl (C=O) groups excluding carboxylic acids is 2. The molecule has 0 spiro atoms. The third-order valence-electron chi connectivity index (χ3n) is 6.71. The highest BCUT2D eigenvalue weighted by molar-refractivity contribution is 6.40. The van der Waals surface area contributed by atoms with Crippen LogP contribution in [0.2, 0.25) is 10.0 Å². The van der Waals surface area contributed by atoms with E-state index in [9.17, 15) is 19.5 Å². The molecule has 0 fully saturated rings. The molecule has 1 aromatic heterocycles. The third kappa shape index (κ3) is 5.95. The lowest BCUT2D eigenvalue weighted by atomic mass is 10.1. The number of urea groups is 1. The molecular weight excluding hydrogens is 553 g/mol. The van der Waals surface area contributed by atoms with E-state index in [1.54, 1.807) is 29.2 Å². The van der Waals surface area contributed by atoms with Crippen molar-refractivity contribution >= 4 is 41.1 Å². The lowest BCUT2D eigenvalue weighted by Gasteiger charge is -2.19. The first-order valence-electron chi connectivity index (χ1n) is 12.5. The fraction of sp³-hybridized carbons (Fsp3) is 0.172. The van der Waals surface area contributed by atoms with Crippen LogP contribution in [-0.2, 0) is 11.2 Å². The second kappa shape index (κ2) is 11.8. The van der Waals surface area contributed by atoms with Gasteiger partial charge in [-0.2, -0.15) is 0 Å². The number of nitrogens with zero attached hydrogens (tertiary/aromatic N) is 2. The van der Waals surface area contributed by atoms with Gasteiger partial charge in [0.1, 0.15) is 6.04 Å². The molecular formula is C29H25Cl2N5O4. The van der Waals surface area contributed by atoms with Gasteiger partial charge in [-0.1, -0.05) is 77.8 Å². The van der Waals surface area contributed by atoms with Crippen LogP contribution in [0.3, 0.4) is 0 Å². The Bertz CT molecular complexity index is 1550. The highest BCUT2D eigenvalue weighted by Crippen LogP contribution is 2.31. The molecule has 3 aromatic carbocycles. The van der Waals surface area contributed by atoms with E-state index in [2.05, 4.69) is 20.9 Å². The topological polar surface area (TPSA) is 125 Å². The summed E-state index contributed by atoms with van der Waals surface area (Å²) in [6.07, 6.45) is 5.01. The quantitative estimate of drug-likeness (QED) is 0.234. The van der Waals surface area contributed by atoms with E-state index in [0.29, 0.717) is 5.69 Å². The molecule has 2 atom stereocenters. The van der Waals surface area contributed by atoms with Gasteiger partial charge >= 0.3 is 12.0 Å². The van der Waals surface area contributed by atoms with Crippen molar-refractivity contribution in [1.82, 2.24) is 25.5 Å². The number of nitrogens with one attached hydrogen (secondary N) is 3. The van der Waals surface area contributed by atoms with Crippen LogP contribution in [0.1, 0.15) is 33.9 Å². The Morgan fingerprint density at radius 1 is 1.02 bits per heavy atom. The van der Waals surface area contributed by atoms with Crippen molar-refractivity contribution in [2.24, 2.45) is 0 Å². The molecule has 204 valence electrons. The van der Waals surface area contributed by atoms with E-state index in [0.717, 1.165) is 29.7 Å². The lowest BCUT2D eigenvalue weighted by Crippen LogP contribution is -2.50. The van der Waals surface area contributed by atoms with Gasteiger partial charge in [0.05, 0.1) is 40.2 Å². The van der Waals surface area contributed by atoms with E-state index >= 15 is 0 Å². The molecule has 0 radical (unpaired) electrons. The minimum absolute atomic E-state index is 0.0321. The van der Waals surface area contributed by atoms with Crippen molar-refractivity contribution in [3.63, 3.8) is 0 Å². The number of carboxylic acids is 1. The van der Waals surface area contributed by atoms with Crippen LogP contribution in [-0.4, -0.2) is 45.2 Å². The summed E-state index contributed by atoms with van der Waals surface area (Å²) < 4.78 is 1.72. The number of aryl methyl sites for hydroxylation is 1. The normalized spacial score (nSPS) is 14.7. The van der Waals surface area contributed by atoms with Crippen molar-refractivity contribution in [2.75, 3.05) is 6.54 Å². The number of fused-ring (bicyclic) bond motifs is 1. The maximum Gasteiger partial charge on any atom is 0.328 e. The van der Waals surface area contributed by atoms with Gasteiger partial charge in [-0.25, -0.2) is 14.6 Å². The Morgan fingerprint density at radius 3 is 2.45 bits per heavy atom. The number of carbonyl (C=O) groups is 3. The second-order valence-electron chi connectivity index (χ2n) is 9.33. The average molecular weight is 578 g/mol. The van der Waals surface area contributed by atoms with Gasteiger partial charge in [-0.05, 0) is 36.1 Å². The first-order chi connectivity index (χ1) is 19.3. The molecule has 40 heavy (non-hydrogen) atoms. The van der Waals surface area contributed by atoms with E-state index in [1.807, 2.05) is 54.6 Å². The molecule has 4 aromatic rings. The highest BCUT2D eigenvalue weighted by atomic mass is 35.5. The summed E-state index contributed by atoms with van der Waals surface area (Å²) >= 11 is 12.8. The predicted octanol–water partition coefficient (Wildman–Crippen LogP) is 5.02. The maximum absolute atomic E-state index is 13.0. The Kier molecular flexibility index (Phi) is 8.04. The number of carboxylic acid groups (broad SMARTS) is 1. The standard InChI is InChI=1S/C29H25Cl2N5O4/c30-21-12-19(36-15-25(33-16-36)18-7-2-1-3-8-18)13-22(31)26(21)27(37)34-24(28(38)39)14-32-29(40)35-23-11-10-17-6-4-5-9-20(17)23/h1-9,12-13,15-16,23-24H,10-11,14H2,(H,34,37)(H,38,39)(H2,32,35,40)/t23-,24+/m1/s1. The Morgan fingerprint density at radius 2 is 1.73 bits per heavy atom. The molecule has 11 heteroatoms. The average Bonchev–Trinajstić information content (AvgIpc) is 3.59. The van der Waals surface area contributed by atoms with Gasteiger partial charge in [-0.3, -0.25) is 4.79 Å². The van der Waals surface area contributed by atoms with Crippen LogP contribution in [0.25, 0.3) is 16.9 Å². The van der Waals surface area contributed by atoms with Crippen LogP contribution >= 0.6 is 23.2 Å². The summed E-state index contributed by atoms with van der Waals surface area (Å²) in [5.74, 6) is -2.10. The monoisotopic (exact) mass is 577 g/mol. The summed E-state index contributed by atoms with van der Waals surface area (Å²) in [5.41, 5.74) is 4.39. The molecule has 0 saturated carbocycles. The molecule has 9 nitrogen and oxygen atoms in total. The van der Waals surface area contributed by atoms with E-state index in [-0.39, 0.29) is 28.2 Å². The molecule has 3 amide bonds. The SMILES string of the molecule is O=C(NC[C@H](NC(=O)c1c(Cl)cc(-n2cnc(-c3ccccc3)c2)cc1Cl)C(=O)O)N[C@@H]1CCc2ccccc21. The van der Waals surface area contributed by atoms with Crippen molar-refractivity contribution in [1.29, 1.82) is 0 Å². The number of imidazole rings is 1. The zero-order valence-electron chi connectivity index (χ0n) is 21.1. The van der Waals surface area contributed by atoms with Crippen LogP contribution in [0.4, 0.5) is 4.79 Å². The van der Waals surface area contributed by atoms with Gasteiger partial charge in [-0.15, -0.1) is 0 Å². The van der Waals surface area contributed by atoms with Crippen LogP contribution in [0.5, 0.6) is 0 Å². The van der Waals surface area contributed by atoms with Gasteiger partial charge in [0, 0.05) is 17.4 Å². The number of aromatic nitrogens is 2. The smallest absolute Gasteiger partial charge is 0.328 e. The van der Waals surface area contributed by atoms with Crippen molar-refractivity contribution < 1.29 is 19.5 Å². The molecule has 5 rings (SSSR count). The largest absolute Gasteiger partial charge is 0.480 e. The fourth-order valence-corrected chi connectivity index (χ4v) is 5.34. The van der Waals surface area contributed by atoms with Gasteiger partial charge < -0.3 is 25.6 Å². The molecule has 0 unspecified atom stereocenters. The number of rotatable bonds is 8. The van der Waals surface area contributed by atoms with Crippen molar-refractivity contribution in [2.45, 2.75) is 24.9 Å². The van der Waals surface area contributed by atoms with E-state index in [4.69, 9.17) is 23.2 Å². The maximum atomic E-state index is 13.0. The molecule has 1 aliphatic rings. The number of aliphatic carboxylic acids is 1. The van der Waals surface area contributed by atoms with Crippen molar-refractivity contribution in [3.05, 3.63) is 106 Å². The molecule has 0 aliphatic heterocycles. The number of benzene rings is 3. The summed E-state index contributed by atoms with van der Waals surface area (Å²) in [5, 5.41) is 17.5. The zero-order valence-corrected chi connectivity index (χ0v) is 22.6. The Labute approximate surface area is 240 Å². The number of halogens is 2. The zero-order chi connectivity index (χ0) is 28.2. The Hall–Kier alpha value is -4.34. The van der Waals surface area contributed by atoms with E-state index < -0.39 is 23.9 Å². The number of hydrogen-bond donors (Lipinski definition) is 4. The highest BCUT2D eigenvalue weighted by Gasteiger charge is 2.27. The minimum Gasteiger partial charge on any atom is -0.480 e. The summed E-state index contributed by atoms with van der Waals surface area (Å²) in [6, 6.07) is 18.4. The number of amides is 3. The van der Waals surface area contributed by atoms with Crippen molar-refractivity contribution in [3.8, 4) is 16.9 Å². The first-order valence-corrected chi connectivity index (χ1v) is 13.3. The molecule has 0 saturated heterocycles. The third-order valence-corrected chi connectivity index (χ3v) is 7.31. The number of hydrogen-bond acceptors (Lipinski definition) is 4. The van der Waals surface area contributed by atoms with Crippen LogP contribution in [0.15, 0.2) is 79.3 Å². The molecule has 4 N–H and O–H groups in total. The molecule has 1 heterocycles. The molecule has 0 bridgehead atoms. The van der Waals surface area contributed by atoms with E-state index in [1.165, 1.54) is 5.56 Å². The van der Waals surface area contributed by atoms with Crippen LogP contribution in [0, 0.1) is 0 Å². The summed E-state index contributed by atoms with van der Waals surface area (Å²) in [7, 11) is 0. The van der Waals surface area contributed by atoms with Gasteiger partial charge in [0.15, 0.2) is 0 Å². The predicted molar refractivity (Wildman–Crippen MR) is 152 cm³/mol. The fourth-order valence-electron chi connectivity index (χ4n) is 4.69. The van der Waals surface area contributed by atoms with Gasteiger partial charge in [0.2, 0.25) is 0 Å². The lowest BCUT2D eigenvalue weighted by molar-refractivity contribution is -0.139. The minimum atomic E-state index is -1.41. The summed E-state index contributed by atoms with van der Waals surface area (Å²) in [6.45, 7) is -0.341. The first kappa shape index (κ1) is 27.2.